The van der Waals surface area contributed by atoms with Crippen molar-refractivity contribution in [2.75, 3.05) is 20.2 Å². The molecule has 18 heavy (non-hydrogen) atoms. The third-order valence-corrected chi connectivity index (χ3v) is 5.27. The zero-order valence-electron chi connectivity index (χ0n) is 12.8. The first kappa shape index (κ1) is 17.6. The first-order chi connectivity index (χ1) is 8.16. The minimum absolute atomic E-state index is 0.137. The molecule has 0 heterocycles. The third kappa shape index (κ3) is 10.7. The van der Waals surface area contributed by atoms with Gasteiger partial charge in [-0.25, -0.2) is 0 Å². The molecule has 0 saturated carbocycles. The quantitative estimate of drug-likeness (QED) is 0.420. The zero-order chi connectivity index (χ0) is 14.2. The third-order valence-electron chi connectivity index (χ3n) is 2.61. The summed E-state index contributed by atoms with van der Waals surface area (Å²) in [7, 11) is 0.371. The summed E-state index contributed by atoms with van der Waals surface area (Å²) in [5.74, 6) is -0.137. The van der Waals surface area contributed by atoms with E-state index in [1.807, 2.05) is 20.8 Å². The maximum Gasteiger partial charge on any atom is 0.307 e. The Hall–Kier alpha value is -0.393. The minimum Gasteiger partial charge on any atom is -0.460 e. The summed E-state index contributed by atoms with van der Waals surface area (Å²) in [6.07, 6.45) is 1.53. The number of esters is 1. The highest BCUT2D eigenvalue weighted by Gasteiger charge is 2.19. The average molecular weight is 275 g/mol. The van der Waals surface area contributed by atoms with E-state index in [0.717, 1.165) is 19.0 Å². The molecule has 0 spiro atoms. The topological polar surface area (TPSA) is 47.6 Å². The van der Waals surface area contributed by atoms with Gasteiger partial charge in [-0.2, -0.15) is 0 Å². The Labute approximate surface area is 113 Å². The molecule has 0 rings (SSSR count). The first-order valence-corrected chi connectivity index (χ1v) is 9.75. The number of hydrogen-bond acceptors (Lipinski definition) is 4. The first-order valence-electron chi connectivity index (χ1n) is 6.64. The van der Waals surface area contributed by atoms with Crippen LogP contribution in [0.5, 0.6) is 0 Å². The lowest BCUT2D eigenvalue weighted by Crippen LogP contribution is -2.30. The van der Waals surface area contributed by atoms with E-state index < -0.39 is 8.32 Å². The van der Waals surface area contributed by atoms with E-state index in [0.29, 0.717) is 13.0 Å². The van der Waals surface area contributed by atoms with Gasteiger partial charge in [0.05, 0.1) is 6.42 Å². The Kier molecular flexibility index (Phi) is 7.74. The van der Waals surface area contributed by atoms with Gasteiger partial charge in [0.2, 0.25) is 0 Å². The maximum atomic E-state index is 11.4. The van der Waals surface area contributed by atoms with Crippen molar-refractivity contribution in [1.82, 2.24) is 5.32 Å². The van der Waals surface area contributed by atoms with Crippen LogP contribution >= 0.6 is 0 Å². The summed E-state index contributed by atoms with van der Waals surface area (Å²) in [5, 5.41) is 3.26. The molecular formula is C13H29NO3Si. The van der Waals surface area contributed by atoms with Gasteiger partial charge < -0.3 is 14.5 Å². The van der Waals surface area contributed by atoms with Crippen LogP contribution in [0, 0.1) is 0 Å². The monoisotopic (exact) mass is 275 g/mol. The fraction of sp³-hybridized carbons (Fsp3) is 0.923. The molecular weight excluding hydrogens is 246 g/mol. The highest BCUT2D eigenvalue weighted by Crippen LogP contribution is 2.11. The second-order valence-electron chi connectivity index (χ2n) is 6.15. The SMILES string of the molecule is CO[Si](C)(C)CCCNCCC(=O)OC(C)(C)C. The van der Waals surface area contributed by atoms with Crippen molar-refractivity contribution < 1.29 is 14.0 Å². The second kappa shape index (κ2) is 7.91. The molecule has 0 aromatic heterocycles. The van der Waals surface area contributed by atoms with Crippen molar-refractivity contribution in [3.05, 3.63) is 0 Å². The van der Waals surface area contributed by atoms with Crippen LogP contribution in [0.25, 0.3) is 0 Å². The van der Waals surface area contributed by atoms with E-state index >= 15 is 0 Å². The van der Waals surface area contributed by atoms with Gasteiger partial charge in [0.25, 0.3) is 0 Å². The number of rotatable bonds is 8. The second-order valence-corrected chi connectivity index (χ2v) is 10.6. The molecule has 0 saturated heterocycles. The molecule has 0 bridgehead atoms. The standard InChI is InChI=1S/C13H29NO3Si/c1-13(2,3)17-12(15)8-10-14-9-7-11-18(5,6)16-4/h14H,7-11H2,1-6H3. The van der Waals surface area contributed by atoms with Crippen LogP contribution in [-0.4, -0.2) is 40.1 Å². The number of carbonyl (C=O) groups excluding carboxylic acids is 1. The average Bonchev–Trinajstić information content (AvgIpc) is 2.20. The molecule has 0 aromatic carbocycles. The number of nitrogens with one attached hydrogen (secondary N) is 1. The lowest BCUT2D eigenvalue weighted by atomic mass is 10.2. The molecule has 0 aliphatic carbocycles. The molecule has 0 unspecified atom stereocenters. The van der Waals surface area contributed by atoms with Crippen LogP contribution in [0.4, 0.5) is 0 Å². The Morgan fingerprint density at radius 2 is 1.83 bits per heavy atom. The predicted molar refractivity (Wildman–Crippen MR) is 77.2 cm³/mol. The van der Waals surface area contributed by atoms with Gasteiger partial charge in [0, 0.05) is 13.7 Å². The molecule has 108 valence electrons. The van der Waals surface area contributed by atoms with E-state index in [4.69, 9.17) is 9.16 Å². The lowest BCUT2D eigenvalue weighted by molar-refractivity contribution is -0.154. The molecule has 0 radical (unpaired) electrons. The van der Waals surface area contributed by atoms with Gasteiger partial charge in [-0.05, 0) is 52.9 Å². The van der Waals surface area contributed by atoms with Gasteiger partial charge in [-0.15, -0.1) is 0 Å². The van der Waals surface area contributed by atoms with Gasteiger partial charge in [0.15, 0.2) is 8.32 Å². The van der Waals surface area contributed by atoms with Crippen molar-refractivity contribution in [2.24, 2.45) is 0 Å². The van der Waals surface area contributed by atoms with Crippen LogP contribution in [0.3, 0.4) is 0 Å². The smallest absolute Gasteiger partial charge is 0.307 e. The number of hydrogen-bond donors (Lipinski definition) is 1. The zero-order valence-corrected chi connectivity index (χ0v) is 13.8. The number of carbonyl (C=O) groups is 1. The summed E-state index contributed by atoms with van der Waals surface area (Å²) in [5.41, 5.74) is -0.384. The largest absolute Gasteiger partial charge is 0.460 e. The van der Waals surface area contributed by atoms with Crippen LogP contribution in [0.1, 0.15) is 33.6 Å². The Balaban J connectivity index is 3.49. The highest BCUT2D eigenvalue weighted by atomic mass is 28.4. The molecule has 0 amide bonds. The van der Waals surface area contributed by atoms with Crippen LogP contribution in [0.2, 0.25) is 19.1 Å². The van der Waals surface area contributed by atoms with Crippen LogP contribution in [-0.2, 0) is 14.0 Å². The molecule has 4 nitrogen and oxygen atoms in total. The van der Waals surface area contributed by atoms with Crippen molar-refractivity contribution >= 4 is 14.3 Å². The molecule has 0 aromatic rings. The Morgan fingerprint density at radius 1 is 1.22 bits per heavy atom. The van der Waals surface area contributed by atoms with E-state index in [1.54, 1.807) is 7.11 Å². The van der Waals surface area contributed by atoms with Crippen molar-refractivity contribution in [2.45, 2.75) is 58.4 Å². The van der Waals surface area contributed by atoms with Crippen molar-refractivity contribution in [1.29, 1.82) is 0 Å². The lowest BCUT2D eigenvalue weighted by Gasteiger charge is -2.20. The summed E-state index contributed by atoms with van der Waals surface area (Å²) in [6.45, 7) is 11.7. The summed E-state index contributed by atoms with van der Waals surface area (Å²) in [4.78, 5) is 11.4. The summed E-state index contributed by atoms with van der Waals surface area (Å²) < 4.78 is 10.7. The van der Waals surface area contributed by atoms with Crippen LogP contribution in [0.15, 0.2) is 0 Å². The molecule has 0 atom stereocenters. The van der Waals surface area contributed by atoms with E-state index in [9.17, 15) is 4.79 Å². The van der Waals surface area contributed by atoms with Crippen molar-refractivity contribution in [3.8, 4) is 0 Å². The summed E-state index contributed by atoms with van der Waals surface area (Å²) in [6, 6.07) is 1.14. The highest BCUT2D eigenvalue weighted by molar-refractivity contribution is 6.71. The van der Waals surface area contributed by atoms with Crippen molar-refractivity contribution in [3.63, 3.8) is 0 Å². The molecule has 5 heteroatoms. The molecule has 0 fully saturated rings. The van der Waals surface area contributed by atoms with Gasteiger partial charge in [-0.1, -0.05) is 0 Å². The Morgan fingerprint density at radius 3 is 2.33 bits per heavy atom. The van der Waals surface area contributed by atoms with E-state index in [1.165, 1.54) is 0 Å². The summed E-state index contributed by atoms with van der Waals surface area (Å²) >= 11 is 0. The fourth-order valence-corrected chi connectivity index (χ4v) is 2.68. The normalized spacial score (nSPS) is 12.6. The minimum atomic E-state index is -1.42. The Bertz CT molecular complexity index is 249. The van der Waals surface area contributed by atoms with E-state index in [-0.39, 0.29) is 11.6 Å². The number of ether oxygens (including phenoxy) is 1. The van der Waals surface area contributed by atoms with Crippen LogP contribution < -0.4 is 5.32 Å². The van der Waals surface area contributed by atoms with Gasteiger partial charge >= 0.3 is 5.97 Å². The maximum absolute atomic E-state index is 11.4. The molecule has 0 aliphatic rings. The van der Waals surface area contributed by atoms with Gasteiger partial charge in [-0.3, -0.25) is 4.79 Å². The fourth-order valence-electron chi connectivity index (χ4n) is 1.45. The van der Waals surface area contributed by atoms with Gasteiger partial charge in [0.1, 0.15) is 5.60 Å². The predicted octanol–water partition coefficient (Wildman–Crippen LogP) is 2.55. The molecule has 1 N–H and O–H groups in total. The molecule has 0 aliphatic heterocycles. The van der Waals surface area contributed by atoms with E-state index in [2.05, 4.69) is 18.4 Å².